The Kier molecular flexibility index (Phi) is 20.6. The Labute approximate surface area is 260 Å². The summed E-state index contributed by atoms with van der Waals surface area (Å²) in [7, 11) is -4.31. The molecule has 8 N–H and O–H groups in total. The topological polar surface area (TPSA) is 241 Å². The molecule has 0 radical (unpaired) electrons. The van der Waals surface area contributed by atoms with E-state index >= 15 is 0 Å². The minimum atomic E-state index is -4.31. The van der Waals surface area contributed by atoms with Gasteiger partial charge in [0.05, 0.1) is 19.0 Å². The molecular formula is C28H53N3O12S. The molecule has 1 saturated heterocycles. The number of aliphatic hydroxyl groups is 4. The van der Waals surface area contributed by atoms with Crippen molar-refractivity contribution in [2.24, 2.45) is 0 Å². The van der Waals surface area contributed by atoms with Crippen molar-refractivity contribution >= 4 is 27.8 Å². The number of rotatable bonds is 24. The number of amides is 3. The first-order chi connectivity index (χ1) is 20.9. The molecule has 44 heavy (non-hydrogen) atoms. The van der Waals surface area contributed by atoms with E-state index in [1.165, 1.54) is 51.4 Å². The Morgan fingerprint density at radius 3 is 1.91 bits per heavy atom. The number of aliphatic hydroxyl groups excluding tert-OH is 4. The Balaban J connectivity index is 2.55. The van der Waals surface area contributed by atoms with Gasteiger partial charge in [-0.25, -0.2) is 0 Å². The highest BCUT2D eigenvalue weighted by Gasteiger charge is 2.44. The van der Waals surface area contributed by atoms with Crippen molar-refractivity contribution in [3.8, 4) is 0 Å². The summed E-state index contributed by atoms with van der Waals surface area (Å²) >= 11 is 0. The normalized spacial score (nSPS) is 22.7. The second-order valence-electron chi connectivity index (χ2n) is 11.1. The summed E-state index contributed by atoms with van der Waals surface area (Å²) < 4.78 is 41.0. The van der Waals surface area contributed by atoms with Gasteiger partial charge in [0.25, 0.3) is 10.1 Å². The predicted molar refractivity (Wildman–Crippen MR) is 160 cm³/mol. The summed E-state index contributed by atoms with van der Waals surface area (Å²) in [5.74, 6) is -3.12. The fraction of sp³-hybridized carbons (Fsp3) is 0.893. The molecule has 3 amide bonds. The molecule has 258 valence electrons. The minimum Gasteiger partial charge on any atom is -0.394 e. The SMILES string of the molecule is CCCCCCCCCCCCCCNC(=O)C(CO[C@@H]1O[C@H](CO)[C@H](O)[C@H](O)[C@H]1O)NC(=O)CC(=O)NCCS(=O)(=O)O. The molecule has 16 heteroatoms. The van der Waals surface area contributed by atoms with Gasteiger partial charge in [0.15, 0.2) is 6.29 Å². The van der Waals surface area contributed by atoms with Gasteiger partial charge in [-0.3, -0.25) is 18.9 Å². The van der Waals surface area contributed by atoms with Gasteiger partial charge in [0.2, 0.25) is 17.7 Å². The zero-order valence-electron chi connectivity index (χ0n) is 25.7. The summed E-state index contributed by atoms with van der Waals surface area (Å²) in [5, 5.41) is 46.7. The van der Waals surface area contributed by atoms with Crippen LogP contribution < -0.4 is 16.0 Å². The van der Waals surface area contributed by atoms with Gasteiger partial charge in [-0.05, 0) is 6.42 Å². The first-order valence-corrected chi connectivity index (χ1v) is 17.2. The maximum Gasteiger partial charge on any atom is 0.266 e. The summed E-state index contributed by atoms with van der Waals surface area (Å²) in [6.07, 6.45) is 5.25. The van der Waals surface area contributed by atoms with Crippen LogP contribution in [0.15, 0.2) is 0 Å². The number of hydrogen-bond donors (Lipinski definition) is 8. The maximum atomic E-state index is 12.9. The van der Waals surface area contributed by atoms with E-state index in [1.54, 1.807) is 0 Å². The molecule has 6 atom stereocenters. The zero-order chi connectivity index (χ0) is 33.0. The van der Waals surface area contributed by atoms with E-state index in [-0.39, 0.29) is 0 Å². The number of carbonyl (C=O) groups is 3. The molecule has 0 bridgehead atoms. The van der Waals surface area contributed by atoms with Gasteiger partial charge in [0, 0.05) is 13.1 Å². The lowest BCUT2D eigenvalue weighted by Crippen LogP contribution is -2.60. The molecule has 0 saturated carbocycles. The van der Waals surface area contributed by atoms with Crippen molar-refractivity contribution in [1.29, 1.82) is 0 Å². The highest BCUT2D eigenvalue weighted by molar-refractivity contribution is 7.85. The third kappa shape index (κ3) is 17.5. The first kappa shape index (κ1) is 40.1. The third-order valence-corrected chi connectivity index (χ3v) is 7.98. The second-order valence-corrected chi connectivity index (χ2v) is 12.7. The van der Waals surface area contributed by atoms with Crippen LogP contribution in [0.3, 0.4) is 0 Å². The summed E-state index contributed by atoms with van der Waals surface area (Å²) in [6, 6.07) is -1.35. The van der Waals surface area contributed by atoms with Crippen LogP contribution in [-0.2, 0) is 34.0 Å². The van der Waals surface area contributed by atoms with Crippen LogP contribution in [0, 0.1) is 0 Å². The van der Waals surface area contributed by atoms with Gasteiger partial charge >= 0.3 is 0 Å². The fourth-order valence-corrected chi connectivity index (χ4v) is 5.01. The number of nitrogens with one attached hydrogen (secondary N) is 3. The smallest absolute Gasteiger partial charge is 0.266 e. The zero-order valence-corrected chi connectivity index (χ0v) is 26.5. The van der Waals surface area contributed by atoms with Crippen molar-refractivity contribution < 1.29 is 57.3 Å². The van der Waals surface area contributed by atoms with E-state index in [0.717, 1.165) is 19.3 Å². The molecule has 15 nitrogen and oxygen atoms in total. The van der Waals surface area contributed by atoms with Crippen molar-refractivity contribution in [2.45, 2.75) is 127 Å². The highest BCUT2D eigenvalue weighted by atomic mass is 32.2. The van der Waals surface area contributed by atoms with Gasteiger partial charge < -0.3 is 45.9 Å². The summed E-state index contributed by atoms with van der Waals surface area (Å²) in [6.45, 7) is 0.865. The Hall–Kier alpha value is -1.92. The van der Waals surface area contributed by atoms with Crippen LogP contribution in [0.25, 0.3) is 0 Å². The average Bonchev–Trinajstić information content (AvgIpc) is 2.96. The lowest BCUT2D eigenvalue weighted by molar-refractivity contribution is -0.301. The van der Waals surface area contributed by atoms with E-state index in [0.29, 0.717) is 13.0 Å². The monoisotopic (exact) mass is 655 g/mol. The molecule has 1 unspecified atom stereocenters. The van der Waals surface area contributed by atoms with Crippen LogP contribution >= 0.6 is 0 Å². The van der Waals surface area contributed by atoms with Crippen LogP contribution in [0.4, 0.5) is 0 Å². The van der Waals surface area contributed by atoms with Crippen LogP contribution in [-0.4, -0.2) is 120 Å². The summed E-state index contributed by atoms with van der Waals surface area (Å²) in [4.78, 5) is 37.3. The van der Waals surface area contributed by atoms with Gasteiger partial charge in [0.1, 0.15) is 36.9 Å². The van der Waals surface area contributed by atoms with Crippen LogP contribution in [0.1, 0.15) is 90.4 Å². The van der Waals surface area contributed by atoms with Crippen molar-refractivity contribution in [2.75, 3.05) is 32.1 Å². The lowest BCUT2D eigenvalue weighted by atomic mass is 9.99. The lowest BCUT2D eigenvalue weighted by Gasteiger charge is -2.39. The molecule has 0 aromatic heterocycles. The van der Waals surface area contributed by atoms with Crippen LogP contribution in [0.2, 0.25) is 0 Å². The second kappa shape index (κ2) is 22.6. The average molecular weight is 656 g/mol. The molecule has 0 aliphatic carbocycles. The largest absolute Gasteiger partial charge is 0.394 e. The van der Waals surface area contributed by atoms with E-state index in [9.17, 15) is 43.2 Å². The Bertz CT molecular complexity index is 937. The third-order valence-electron chi connectivity index (χ3n) is 7.26. The van der Waals surface area contributed by atoms with E-state index in [4.69, 9.17) is 14.0 Å². The van der Waals surface area contributed by atoms with Crippen molar-refractivity contribution in [3.63, 3.8) is 0 Å². The first-order valence-electron chi connectivity index (χ1n) is 15.6. The molecule has 0 aromatic carbocycles. The fourth-order valence-electron chi connectivity index (χ4n) is 4.65. The van der Waals surface area contributed by atoms with Crippen molar-refractivity contribution in [1.82, 2.24) is 16.0 Å². The number of hydrogen-bond acceptors (Lipinski definition) is 11. The maximum absolute atomic E-state index is 12.9. The number of carbonyl (C=O) groups excluding carboxylic acids is 3. The molecule has 0 spiro atoms. The van der Waals surface area contributed by atoms with Crippen LogP contribution in [0.5, 0.6) is 0 Å². The predicted octanol–water partition coefficient (Wildman–Crippen LogP) is -0.501. The number of unbranched alkanes of at least 4 members (excludes halogenated alkanes) is 11. The van der Waals surface area contributed by atoms with E-state index < -0.39 is 96.5 Å². The highest BCUT2D eigenvalue weighted by Crippen LogP contribution is 2.22. The van der Waals surface area contributed by atoms with E-state index in [2.05, 4.69) is 22.9 Å². The molecule has 0 aromatic rings. The number of ether oxygens (including phenoxy) is 2. The standard InChI is InChI=1S/C28H53N3O12S/c1-2-3-4-5-6-7-8-9-10-11-12-13-14-30-27(38)20(31-23(34)17-22(33)29-15-16-44(39,40)41)19-42-28-26(37)25(36)24(35)21(18-32)43-28/h20-21,24-26,28,32,35-37H,2-19H2,1H3,(H,29,33)(H,30,38)(H,31,34)(H,39,40,41)/t20?,21-,24+,25+,26-,28-/m1/s1. The minimum absolute atomic E-state index is 0.318. The quantitative estimate of drug-likeness (QED) is 0.0373. The molecule has 1 rings (SSSR count). The molecule has 1 fully saturated rings. The van der Waals surface area contributed by atoms with Gasteiger partial charge in [-0.2, -0.15) is 8.42 Å². The Morgan fingerprint density at radius 1 is 0.795 bits per heavy atom. The van der Waals surface area contributed by atoms with E-state index in [1.807, 2.05) is 0 Å². The molecule has 1 aliphatic heterocycles. The summed E-state index contributed by atoms with van der Waals surface area (Å²) in [5.41, 5.74) is 0. The van der Waals surface area contributed by atoms with Gasteiger partial charge in [-0.1, -0.05) is 77.6 Å². The molecular weight excluding hydrogens is 602 g/mol. The van der Waals surface area contributed by atoms with Gasteiger partial charge in [-0.15, -0.1) is 0 Å². The molecule has 1 heterocycles. The van der Waals surface area contributed by atoms with Crippen molar-refractivity contribution in [3.05, 3.63) is 0 Å². The Morgan fingerprint density at radius 2 is 1.36 bits per heavy atom. The molecule has 1 aliphatic rings.